The molecule has 0 unspecified atom stereocenters. The van der Waals surface area contributed by atoms with Crippen LogP contribution in [-0.4, -0.2) is 82.0 Å². The van der Waals surface area contributed by atoms with Crippen LogP contribution in [0.5, 0.6) is 11.5 Å². The Hall–Kier alpha value is -5.36. The lowest BCUT2D eigenvalue weighted by atomic mass is 10.0. The Balaban J connectivity index is 1.28. The maximum Gasteiger partial charge on any atom is 0.270 e. The van der Waals surface area contributed by atoms with Crippen LogP contribution in [0.15, 0.2) is 79.0 Å². The number of H-pyrrole nitrogens is 1. The van der Waals surface area contributed by atoms with Gasteiger partial charge in [-0.3, -0.25) is 19.1 Å². The predicted molar refractivity (Wildman–Crippen MR) is 180 cm³/mol. The summed E-state index contributed by atoms with van der Waals surface area (Å²) in [5.74, 6) is -0.411. The van der Waals surface area contributed by atoms with Crippen LogP contribution in [0.25, 0.3) is 10.9 Å². The highest BCUT2D eigenvalue weighted by Crippen LogP contribution is 2.31. The number of benzene rings is 3. The number of carbonyl (C=O) groups excluding carboxylic acids is 3. The maximum atomic E-state index is 13.8. The van der Waals surface area contributed by atoms with Gasteiger partial charge in [-0.15, -0.1) is 5.10 Å². The van der Waals surface area contributed by atoms with E-state index in [1.54, 1.807) is 39.9 Å². The third-order valence-electron chi connectivity index (χ3n) is 8.16. The summed E-state index contributed by atoms with van der Waals surface area (Å²) in [5, 5.41) is 15.7. The van der Waals surface area contributed by atoms with Gasteiger partial charge >= 0.3 is 0 Å². The number of aromatic amines is 1. The van der Waals surface area contributed by atoms with Crippen LogP contribution in [0.1, 0.15) is 38.5 Å². The number of amides is 3. The van der Waals surface area contributed by atoms with Crippen molar-refractivity contribution in [3.8, 4) is 11.5 Å². The van der Waals surface area contributed by atoms with Crippen molar-refractivity contribution in [1.82, 2.24) is 35.5 Å². The largest absolute Gasteiger partial charge is 0.493 e. The molecule has 0 saturated carbocycles. The van der Waals surface area contributed by atoms with Gasteiger partial charge in [0.1, 0.15) is 11.7 Å². The van der Waals surface area contributed by atoms with Crippen molar-refractivity contribution < 1.29 is 23.9 Å². The minimum atomic E-state index is -0.907. The highest BCUT2D eigenvalue weighted by molar-refractivity contribution is 6.35. The van der Waals surface area contributed by atoms with Gasteiger partial charge in [-0.25, -0.2) is 0 Å². The Bertz CT molecular complexity index is 1910. The van der Waals surface area contributed by atoms with Crippen LogP contribution in [0.4, 0.5) is 0 Å². The molecule has 5 aromatic rings. The van der Waals surface area contributed by atoms with E-state index >= 15 is 0 Å². The second-order valence-electron chi connectivity index (χ2n) is 11.4. The standard InChI is InChI=1S/C35H36ClN7O5/c1-47-31-13-5-10-25-32(31)48-19-7-16-43-22-24(40-41-43)14-17-42(35(46)30-21-26-27(36)11-6-12-28(26)38-30)18-15-37-34(45)29(39-33(25)44)20-23-8-3-2-4-9-23/h2-6,8-13,21-22,29,38H,7,14-20H2,1H3,(H,37,45)(H,39,44)/t29-/m0/s1. The molecule has 0 fully saturated rings. The van der Waals surface area contributed by atoms with Gasteiger partial charge in [0, 0.05) is 67.6 Å². The van der Waals surface area contributed by atoms with Crippen molar-refractivity contribution in [3.05, 3.63) is 107 Å². The van der Waals surface area contributed by atoms with Gasteiger partial charge in [0.2, 0.25) is 5.91 Å². The van der Waals surface area contributed by atoms with Gasteiger partial charge in [-0.2, -0.15) is 0 Å². The summed E-state index contributed by atoms with van der Waals surface area (Å²) in [6.07, 6.45) is 3.13. The number of hydrogen-bond donors (Lipinski definition) is 3. The molecule has 2 aromatic heterocycles. The maximum absolute atomic E-state index is 13.8. The number of methoxy groups -OCH3 is 1. The number of nitrogens with zero attached hydrogens (tertiary/aromatic N) is 4. The molecule has 1 aliphatic rings. The normalized spacial score (nSPS) is 16.5. The average Bonchev–Trinajstić information content (AvgIpc) is 3.75. The zero-order chi connectivity index (χ0) is 33.5. The van der Waals surface area contributed by atoms with E-state index in [4.69, 9.17) is 21.1 Å². The first kappa shape index (κ1) is 32.6. The predicted octanol–water partition coefficient (Wildman–Crippen LogP) is 4.05. The van der Waals surface area contributed by atoms with E-state index < -0.39 is 11.9 Å². The van der Waals surface area contributed by atoms with Crippen molar-refractivity contribution in [2.24, 2.45) is 0 Å². The van der Waals surface area contributed by atoms with E-state index in [0.717, 1.165) is 22.2 Å². The van der Waals surface area contributed by atoms with Gasteiger partial charge in [0.25, 0.3) is 11.8 Å². The topological polar surface area (TPSA) is 143 Å². The molecule has 0 radical (unpaired) electrons. The van der Waals surface area contributed by atoms with E-state index in [9.17, 15) is 14.4 Å². The van der Waals surface area contributed by atoms with Gasteiger partial charge in [0.05, 0.1) is 25.0 Å². The van der Waals surface area contributed by atoms with E-state index in [0.29, 0.717) is 48.1 Å². The number of rotatable bonds is 4. The third-order valence-corrected chi connectivity index (χ3v) is 8.49. The summed E-state index contributed by atoms with van der Waals surface area (Å²) in [6, 6.07) is 20.8. The van der Waals surface area contributed by atoms with Crippen LogP contribution in [-0.2, 0) is 24.2 Å². The van der Waals surface area contributed by atoms with Crippen molar-refractivity contribution in [2.75, 3.05) is 33.4 Å². The number of ether oxygens (including phenoxy) is 2. The molecule has 3 N–H and O–H groups in total. The lowest BCUT2D eigenvalue weighted by molar-refractivity contribution is -0.123. The fraction of sp³-hybridized carbons (Fsp3) is 0.286. The summed E-state index contributed by atoms with van der Waals surface area (Å²) >= 11 is 6.38. The zero-order valence-corrected chi connectivity index (χ0v) is 27.2. The molecule has 0 aliphatic carbocycles. The van der Waals surface area contributed by atoms with Crippen molar-refractivity contribution in [3.63, 3.8) is 0 Å². The molecule has 1 atom stereocenters. The van der Waals surface area contributed by atoms with Crippen LogP contribution in [0, 0.1) is 0 Å². The highest BCUT2D eigenvalue weighted by atomic mass is 35.5. The van der Waals surface area contributed by atoms with Crippen LogP contribution in [0.2, 0.25) is 5.02 Å². The van der Waals surface area contributed by atoms with E-state index in [1.807, 2.05) is 48.7 Å². The monoisotopic (exact) mass is 669 g/mol. The van der Waals surface area contributed by atoms with Gasteiger partial charge < -0.3 is 30.0 Å². The second kappa shape index (κ2) is 15.0. The number of halogens is 1. The van der Waals surface area contributed by atoms with Crippen LogP contribution >= 0.6 is 11.6 Å². The lowest BCUT2D eigenvalue weighted by Gasteiger charge is -2.24. The summed E-state index contributed by atoms with van der Waals surface area (Å²) in [4.78, 5) is 46.1. The fourth-order valence-corrected chi connectivity index (χ4v) is 5.90. The average molecular weight is 670 g/mol. The Morgan fingerprint density at radius 3 is 2.69 bits per heavy atom. The molecule has 3 heterocycles. The van der Waals surface area contributed by atoms with E-state index in [-0.39, 0.29) is 43.5 Å². The Morgan fingerprint density at radius 2 is 1.88 bits per heavy atom. The first-order valence-electron chi connectivity index (χ1n) is 15.8. The zero-order valence-electron chi connectivity index (χ0n) is 26.4. The molecule has 248 valence electrons. The Labute approximate surface area is 282 Å². The summed E-state index contributed by atoms with van der Waals surface area (Å²) in [5.41, 5.74) is 2.98. The molecule has 2 bridgehead atoms. The number of hydrogen-bond acceptors (Lipinski definition) is 7. The molecule has 12 nitrogen and oxygen atoms in total. The molecule has 3 amide bonds. The molecular weight excluding hydrogens is 634 g/mol. The van der Waals surface area contributed by atoms with Gasteiger partial charge in [-0.1, -0.05) is 59.3 Å². The molecule has 0 spiro atoms. The quantitative estimate of drug-likeness (QED) is 0.262. The molecule has 48 heavy (non-hydrogen) atoms. The molecule has 0 saturated heterocycles. The van der Waals surface area contributed by atoms with Crippen molar-refractivity contribution >= 4 is 40.2 Å². The number of carbonyl (C=O) groups is 3. The number of nitrogens with one attached hydrogen (secondary N) is 3. The summed E-state index contributed by atoms with van der Waals surface area (Å²) in [7, 11) is 1.51. The second-order valence-corrected chi connectivity index (χ2v) is 11.9. The first-order valence-corrected chi connectivity index (χ1v) is 16.1. The van der Waals surface area contributed by atoms with Crippen molar-refractivity contribution in [2.45, 2.75) is 31.8 Å². The number of para-hydroxylation sites is 1. The van der Waals surface area contributed by atoms with Gasteiger partial charge in [-0.05, 0) is 35.9 Å². The van der Waals surface area contributed by atoms with Gasteiger partial charge in [0.15, 0.2) is 11.5 Å². The van der Waals surface area contributed by atoms with Crippen molar-refractivity contribution in [1.29, 1.82) is 0 Å². The molecule has 3 aromatic carbocycles. The van der Waals surface area contributed by atoms with E-state index in [2.05, 4.69) is 25.9 Å². The number of aromatic nitrogens is 4. The fourth-order valence-electron chi connectivity index (χ4n) is 5.67. The Morgan fingerprint density at radius 1 is 1.04 bits per heavy atom. The molecule has 1 aliphatic heterocycles. The lowest BCUT2D eigenvalue weighted by Crippen LogP contribution is -2.50. The van der Waals surface area contributed by atoms with E-state index in [1.165, 1.54) is 7.11 Å². The summed E-state index contributed by atoms with van der Waals surface area (Å²) < 4.78 is 13.3. The highest BCUT2D eigenvalue weighted by Gasteiger charge is 2.26. The molecule has 13 heteroatoms. The first-order chi connectivity index (χ1) is 23.4. The third kappa shape index (κ3) is 7.60. The Kier molecular flexibility index (Phi) is 10.2. The minimum Gasteiger partial charge on any atom is -0.493 e. The number of aryl methyl sites for hydroxylation is 1. The molecule has 6 rings (SSSR count). The SMILES string of the molecule is COc1cccc2c1OCCCn1cc(nn1)CCN(C(=O)c1cc3c(Cl)cccc3[nH]1)CCNC(=O)[C@H](Cc1ccccc1)NC2=O. The van der Waals surface area contributed by atoms with Crippen LogP contribution < -0.4 is 20.1 Å². The molecular formula is C35H36ClN7O5. The minimum absolute atomic E-state index is 0.146. The smallest absolute Gasteiger partial charge is 0.270 e. The summed E-state index contributed by atoms with van der Waals surface area (Å²) in [6.45, 7) is 1.49. The number of fused-ring (bicyclic) bond motifs is 4. The van der Waals surface area contributed by atoms with Crippen LogP contribution in [0.3, 0.4) is 0 Å².